The largest absolute Gasteiger partial charge is 0.496 e. The van der Waals surface area contributed by atoms with E-state index in [0.29, 0.717) is 30.5 Å². The summed E-state index contributed by atoms with van der Waals surface area (Å²) in [6, 6.07) is 3.67. The number of benzene rings is 1. The molecule has 1 aliphatic heterocycles. The Balaban J connectivity index is 2.10. The molecular formula is C15H18O5. The van der Waals surface area contributed by atoms with Crippen LogP contribution in [0.4, 0.5) is 0 Å². The number of methoxy groups -OCH3 is 1. The number of rotatable bonds is 4. The third-order valence-corrected chi connectivity index (χ3v) is 3.97. The molecule has 1 aromatic rings. The van der Waals surface area contributed by atoms with Crippen LogP contribution in [0.1, 0.15) is 31.2 Å². The van der Waals surface area contributed by atoms with Gasteiger partial charge in [-0.1, -0.05) is 0 Å². The molecule has 0 amide bonds. The molecule has 1 aliphatic carbocycles. The van der Waals surface area contributed by atoms with Crippen LogP contribution in [0.15, 0.2) is 12.1 Å². The normalized spacial score (nSPS) is 19.1. The maximum absolute atomic E-state index is 11.2. The highest BCUT2D eigenvalue weighted by molar-refractivity contribution is 5.72. The number of hydrogen-bond acceptors (Lipinski definition) is 4. The molecule has 0 spiro atoms. The number of ether oxygens (including phenoxy) is 3. The SMILES string of the molecule is COc1ccc2c(c1C1(CC(=O)O)CC1)OCCCO2. The van der Waals surface area contributed by atoms with E-state index in [1.165, 1.54) is 0 Å². The number of carboxylic acid groups (broad SMARTS) is 1. The van der Waals surface area contributed by atoms with E-state index >= 15 is 0 Å². The summed E-state index contributed by atoms with van der Waals surface area (Å²) in [5.74, 6) is 1.25. The molecule has 0 atom stereocenters. The number of aliphatic carboxylic acids is 1. The molecule has 20 heavy (non-hydrogen) atoms. The maximum atomic E-state index is 11.2. The minimum Gasteiger partial charge on any atom is -0.496 e. The second-order valence-electron chi connectivity index (χ2n) is 5.37. The number of carboxylic acids is 1. The van der Waals surface area contributed by atoms with Gasteiger partial charge in [0.15, 0.2) is 11.5 Å². The average Bonchev–Trinajstić information content (AvgIpc) is 3.20. The van der Waals surface area contributed by atoms with Gasteiger partial charge in [0.1, 0.15) is 5.75 Å². The van der Waals surface area contributed by atoms with Gasteiger partial charge < -0.3 is 19.3 Å². The van der Waals surface area contributed by atoms with Crippen LogP contribution in [0.3, 0.4) is 0 Å². The summed E-state index contributed by atoms with van der Waals surface area (Å²) in [7, 11) is 1.60. The lowest BCUT2D eigenvalue weighted by atomic mass is 9.90. The molecule has 1 aromatic carbocycles. The predicted molar refractivity (Wildman–Crippen MR) is 71.8 cm³/mol. The van der Waals surface area contributed by atoms with Crippen LogP contribution >= 0.6 is 0 Å². The molecule has 108 valence electrons. The van der Waals surface area contributed by atoms with Crippen molar-refractivity contribution in [2.24, 2.45) is 0 Å². The van der Waals surface area contributed by atoms with E-state index in [-0.39, 0.29) is 11.8 Å². The molecular weight excluding hydrogens is 260 g/mol. The predicted octanol–water partition coefficient (Wildman–Crippen LogP) is 2.36. The molecule has 2 aliphatic rings. The van der Waals surface area contributed by atoms with Crippen molar-refractivity contribution in [3.05, 3.63) is 17.7 Å². The van der Waals surface area contributed by atoms with Crippen molar-refractivity contribution >= 4 is 5.97 Å². The first-order chi connectivity index (χ1) is 9.66. The molecule has 1 fully saturated rings. The molecule has 0 radical (unpaired) electrons. The molecule has 3 rings (SSSR count). The van der Waals surface area contributed by atoms with Crippen molar-refractivity contribution in [1.29, 1.82) is 0 Å². The Labute approximate surface area is 117 Å². The Morgan fingerprint density at radius 3 is 2.75 bits per heavy atom. The van der Waals surface area contributed by atoms with Gasteiger partial charge in [0.25, 0.3) is 0 Å². The summed E-state index contributed by atoms with van der Waals surface area (Å²) >= 11 is 0. The van der Waals surface area contributed by atoms with E-state index in [2.05, 4.69) is 0 Å². The van der Waals surface area contributed by atoms with Gasteiger partial charge in [0.05, 0.1) is 26.7 Å². The number of fused-ring (bicyclic) bond motifs is 1. The van der Waals surface area contributed by atoms with Crippen molar-refractivity contribution in [3.8, 4) is 17.2 Å². The first-order valence-corrected chi connectivity index (χ1v) is 6.85. The summed E-state index contributed by atoms with van der Waals surface area (Å²) in [5.41, 5.74) is 0.498. The molecule has 1 saturated carbocycles. The van der Waals surface area contributed by atoms with Crippen LogP contribution in [-0.4, -0.2) is 31.4 Å². The summed E-state index contributed by atoms with van der Waals surface area (Å²) in [6.45, 7) is 1.20. The molecule has 0 bridgehead atoms. The quantitative estimate of drug-likeness (QED) is 0.916. The minimum atomic E-state index is -0.795. The molecule has 5 nitrogen and oxygen atoms in total. The Morgan fingerprint density at radius 1 is 1.35 bits per heavy atom. The monoisotopic (exact) mass is 278 g/mol. The van der Waals surface area contributed by atoms with Gasteiger partial charge >= 0.3 is 5.97 Å². The summed E-state index contributed by atoms with van der Waals surface area (Å²) in [6.07, 6.45) is 2.61. The zero-order valence-electron chi connectivity index (χ0n) is 11.5. The van der Waals surface area contributed by atoms with Crippen LogP contribution < -0.4 is 14.2 Å². The minimum absolute atomic E-state index is 0.100. The van der Waals surface area contributed by atoms with Crippen molar-refractivity contribution < 1.29 is 24.1 Å². The maximum Gasteiger partial charge on any atom is 0.304 e. The van der Waals surface area contributed by atoms with Crippen molar-refractivity contribution in [1.82, 2.24) is 0 Å². The molecule has 0 aromatic heterocycles. The second-order valence-corrected chi connectivity index (χ2v) is 5.37. The molecule has 1 N–H and O–H groups in total. The van der Waals surface area contributed by atoms with E-state index in [4.69, 9.17) is 19.3 Å². The van der Waals surface area contributed by atoms with Crippen LogP contribution in [0.2, 0.25) is 0 Å². The lowest BCUT2D eigenvalue weighted by molar-refractivity contribution is -0.137. The van der Waals surface area contributed by atoms with Gasteiger partial charge in [-0.15, -0.1) is 0 Å². The van der Waals surface area contributed by atoms with Crippen molar-refractivity contribution in [3.63, 3.8) is 0 Å². The Kier molecular flexibility index (Phi) is 3.20. The third kappa shape index (κ3) is 2.17. The number of hydrogen-bond donors (Lipinski definition) is 1. The molecule has 5 heteroatoms. The third-order valence-electron chi connectivity index (χ3n) is 3.97. The fourth-order valence-corrected chi connectivity index (χ4v) is 2.85. The first-order valence-electron chi connectivity index (χ1n) is 6.85. The van der Waals surface area contributed by atoms with Crippen molar-refractivity contribution in [2.45, 2.75) is 31.1 Å². The topological polar surface area (TPSA) is 65.0 Å². The Bertz CT molecular complexity index is 533. The fraction of sp³-hybridized carbons (Fsp3) is 0.533. The highest BCUT2D eigenvalue weighted by Crippen LogP contribution is 2.59. The lowest BCUT2D eigenvalue weighted by Gasteiger charge is -2.22. The van der Waals surface area contributed by atoms with Gasteiger partial charge in [0.2, 0.25) is 0 Å². The summed E-state index contributed by atoms with van der Waals surface area (Å²) < 4.78 is 17.0. The Morgan fingerprint density at radius 2 is 2.10 bits per heavy atom. The van der Waals surface area contributed by atoms with Crippen molar-refractivity contribution in [2.75, 3.05) is 20.3 Å². The lowest BCUT2D eigenvalue weighted by Crippen LogP contribution is -2.16. The van der Waals surface area contributed by atoms with Crippen LogP contribution in [0.5, 0.6) is 17.2 Å². The van der Waals surface area contributed by atoms with Gasteiger partial charge in [0, 0.05) is 17.4 Å². The van der Waals surface area contributed by atoms with Crippen LogP contribution in [-0.2, 0) is 10.2 Å². The Hall–Kier alpha value is -1.91. The molecule has 1 heterocycles. The smallest absolute Gasteiger partial charge is 0.304 e. The van der Waals surface area contributed by atoms with Gasteiger partial charge in [-0.25, -0.2) is 0 Å². The zero-order valence-corrected chi connectivity index (χ0v) is 11.5. The van der Waals surface area contributed by atoms with Gasteiger partial charge in [-0.05, 0) is 25.0 Å². The zero-order chi connectivity index (χ0) is 14.2. The molecule has 0 unspecified atom stereocenters. The standard InChI is InChI=1S/C15H18O5/c1-18-10-3-4-11-14(20-8-2-7-19-11)13(10)15(5-6-15)9-12(16)17/h3-4H,2,5-9H2,1H3,(H,16,17). The van der Waals surface area contributed by atoms with Gasteiger partial charge in [-0.3, -0.25) is 4.79 Å². The second kappa shape index (κ2) is 4.89. The first kappa shape index (κ1) is 13.1. The molecule has 0 saturated heterocycles. The van der Waals surface area contributed by atoms with Crippen LogP contribution in [0.25, 0.3) is 0 Å². The highest BCUT2D eigenvalue weighted by atomic mass is 16.5. The van der Waals surface area contributed by atoms with E-state index in [1.807, 2.05) is 12.1 Å². The van der Waals surface area contributed by atoms with E-state index in [0.717, 1.165) is 24.8 Å². The van der Waals surface area contributed by atoms with Gasteiger partial charge in [-0.2, -0.15) is 0 Å². The highest BCUT2D eigenvalue weighted by Gasteiger charge is 2.50. The van der Waals surface area contributed by atoms with E-state index in [9.17, 15) is 4.79 Å². The number of carbonyl (C=O) groups is 1. The van der Waals surface area contributed by atoms with E-state index in [1.54, 1.807) is 7.11 Å². The summed E-state index contributed by atoms with van der Waals surface area (Å²) in [4.78, 5) is 11.2. The fourth-order valence-electron chi connectivity index (χ4n) is 2.85. The summed E-state index contributed by atoms with van der Waals surface area (Å²) in [5, 5.41) is 9.16. The van der Waals surface area contributed by atoms with E-state index < -0.39 is 5.97 Å². The average molecular weight is 278 g/mol. The van der Waals surface area contributed by atoms with Crippen LogP contribution in [0, 0.1) is 0 Å².